The summed E-state index contributed by atoms with van der Waals surface area (Å²) in [5, 5.41) is 10.4. The molecule has 9 nitrogen and oxygen atoms in total. The van der Waals surface area contributed by atoms with Gasteiger partial charge in [-0.2, -0.15) is 0 Å². The molecule has 1 spiro atoms. The fourth-order valence-corrected chi connectivity index (χ4v) is 7.45. The second-order valence-electron chi connectivity index (χ2n) is 10.8. The summed E-state index contributed by atoms with van der Waals surface area (Å²) >= 11 is 7.54. The summed E-state index contributed by atoms with van der Waals surface area (Å²) < 4.78 is 1.53. The van der Waals surface area contributed by atoms with E-state index in [1.807, 2.05) is 24.0 Å². The number of amides is 2. The summed E-state index contributed by atoms with van der Waals surface area (Å²) in [4.78, 5) is 47.8. The predicted octanol–water partition coefficient (Wildman–Crippen LogP) is 4.54. The molecule has 2 unspecified atom stereocenters. The number of halogens is 1. The minimum atomic E-state index is -0.907. The Morgan fingerprint density at radius 3 is 2.52 bits per heavy atom. The molecule has 2 atom stereocenters. The number of rotatable bonds is 6. The Kier molecular flexibility index (Phi) is 8.39. The quantitative estimate of drug-likeness (QED) is 0.323. The van der Waals surface area contributed by atoms with Gasteiger partial charge in [0.1, 0.15) is 0 Å². The maximum Gasteiger partial charge on any atom is 0.407 e. The first-order chi connectivity index (χ1) is 19.2. The van der Waals surface area contributed by atoms with Crippen molar-refractivity contribution >= 4 is 46.3 Å². The highest BCUT2D eigenvalue weighted by Crippen LogP contribution is 2.39. The van der Waals surface area contributed by atoms with Crippen LogP contribution in [0, 0.1) is 12.3 Å². The molecule has 2 aliphatic rings. The van der Waals surface area contributed by atoms with Crippen LogP contribution in [0.2, 0.25) is 5.02 Å². The van der Waals surface area contributed by atoms with Crippen molar-refractivity contribution in [2.24, 2.45) is 11.1 Å². The van der Waals surface area contributed by atoms with Gasteiger partial charge in [-0.25, -0.2) is 9.78 Å². The molecule has 0 saturated carbocycles. The zero-order valence-corrected chi connectivity index (χ0v) is 24.1. The van der Waals surface area contributed by atoms with E-state index in [9.17, 15) is 19.5 Å². The summed E-state index contributed by atoms with van der Waals surface area (Å²) in [5.41, 5.74) is 7.57. The van der Waals surface area contributed by atoms with Crippen LogP contribution in [0.25, 0.3) is 16.6 Å². The topological polar surface area (TPSA) is 122 Å². The molecule has 11 heteroatoms. The normalized spacial score (nSPS) is 20.2. The largest absolute Gasteiger partial charge is 0.465 e. The molecular weight excluding hydrogens is 550 g/mol. The zero-order valence-electron chi connectivity index (χ0n) is 22.5. The van der Waals surface area contributed by atoms with Gasteiger partial charge in [0.25, 0.3) is 5.56 Å². The number of benzene rings is 2. The molecule has 3 aromatic rings. The van der Waals surface area contributed by atoms with E-state index in [-0.39, 0.29) is 16.9 Å². The van der Waals surface area contributed by atoms with Gasteiger partial charge in [0.2, 0.25) is 5.91 Å². The lowest BCUT2D eigenvalue weighted by Gasteiger charge is -2.48. The molecule has 2 aromatic carbocycles. The standard InChI is InChI=1S/C29H34ClN5O4S/c1-19-6-2-9-22-24(19)32-27(35(25(22)36)21-8-3-7-20(30)16-21)40-23(10-13-31)26(37)33-14-4-11-29(17-33)12-5-15-34(18-29)28(38)39/h2-3,6-9,16,23H,4-5,10-15,17-18,31H2,1H3,(H,38,39). The maximum atomic E-state index is 14.0. The predicted molar refractivity (Wildman–Crippen MR) is 157 cm³/mol. The molecule has 0 radical (unpaired) electrons. The van der Waals surface area contributed by atoms with E-state index in [0.717, 1.165) is 31.2 Å². The van der Waals surface area contributed by atoms with E-state index in [0.29, 0.717) is 65.9 Å². The van der Waals surface area contributed by atoms with Crippen molar-refractivity contribution in [1.29, 1.82) is 0 Å². The minimum Gasteiger partial charge on any atom is -0.465 e. The van der Waals surface area contributed by atoms with Crippen LogP contribution in [0.4, 0.5) is 4.79 Å². The SMILES string of the molecule is Cc1cccc2c(=O)n(-c3cccc(Cl)c3)c(SC(CCN)C(=O)N3CCCC4(CCCN(C(=O)O)C4)C3)nc12. The summed E-state index contributed by atoms with van der Waals surface area (Å²) in [6.45, 7) is 4.31. The van der Waals surface area contributed by atoms with Gasteiger partial charge in [0.05, 0.1) is 21.8 Å². The Bertz CT molecular complexity index is 1490. The smallest absolute Gasteiger partial charge is 0.407 e. The van der Waals surface area contributed by atoms with Gasteiger partial charge in [-0.15, -0.1) is 0 Å². The van der Waals surface area contributed by atoms with Gasteiger partial charge in [-0.3, -0.25) is 14.2 Å². The fraction of sp³-hybridized carbons (Fsp3) is 0.448. The average Bonchev–Trinajstić information content (AvgIpc) is 2.93. The maximum absolute atomic E-state index is 14.0. The molecule has 2 saturated heterocycles. The zero-order chi connectivity index (χ0) is 28.4. The van der Waals surface area contributed by atoms with Crippen LogP contribution in [-0.2, 0) is 4.79 Å². The van der Waals surface area contributed by atoms with Crippen molar-refractivity contribution in [1.82, 2.24) is 19.4 Å². The van der Waals surface area contributed by atoms with Crippen LogP contribution in [0.1, 0.15) is 37.7 Å². The second-order valence-corrected chi connectivity index (χ2v) is 12.4. The van der Waals surface area contributed by atoms with Crippen molar-refractivity contribution < 1.29 is 14.7 Å². The molecule has 40 heavy (non-hydrogen) atoms. The van der Waals surface area contributed by atoms with E-state index in [4.69, 9.17) is 22.3 Å². The molecule has 1 aromatic heterocycles. The van der Waals surface area contributed by atoms with Crippen LogP contribution in [-0.4, -0.2) is 74.4 Å². The third-order valence-corrected chi connectivity index (χ3v) is 9.43. The number of para-hydroxylation sites is 1. The Balaban J connectivity index is 1.50. The molecule has 2 amide bonds. The van der Waals surface area contributed by atoms with Crippen molar-refractivity contribution in [3.8, 4) is 5.69 Å². The van der Waals surface area contributed by atoms with Crippen LogP contribution < -0.4 is 11.3 Å². The Hall–Kier alpha value is -3.08. The number of carbonyl (C=O) groups is 2. The van der Waals surface area contributed by atoms with Crippen LogP contribution in [0.3, 0.4) is 0 Å². The number of carbonyl (C=O) groups excluding carboxylic acids is 1. The number of hydrogen-bond donors (Lipinski definition) is 2. The van der Waals surface area contributed by atoms with Gasteiger partial charge in [-0.1, -0.05) is 41.6 Å². The Morgan fingerprint density at radius 2 is 1.82 bits per heavy atom. The summed E-state index contributed by atoms with van der Waals surface area (Å²) in [6, 6.07) is 12.5. The van der Waals surface area contributed by atoms with Crippen molar-refractivity contribution in [2.75, 3.05) is 32.7 Å². The summed E-state index contributed by atoms with van der Waals surface area (Å²) in [7, 11) is 0. The third-order valence-electron chi connectivity index (χ3n) is 7.99. The molecular formula is C29H34ClN5O4S. The molecule has 212 valence electrons. The number of fused-ring (bicyclic) bond motifs is 1. The van der Waals surface area contributed by atoms with Gasteiger partial charge >= 0.3 is 6.09 Å². The van der Waals surface area contributed by atoms with Gasteiger partial charge in [-0.05, 0) is 75.4 Å². The Labute approximate surface area is 242 Å². The number of aryl methyl sites for hydroxylation is 1. The molecule has 3 N–H and O–H groups in total. The third kappa shape index (κ3) is 5.70. The molecule has 0 bridgehead atoms. The molecule has 2 aliphatic heterocycles. The van der Waals surface area contributed by atoms with Crippen LogP contribution in [0.5, 0.6) is 0 Å². The number of hydrogen-bond acceptors (Lipinski definition) is 6. The fourth-order valence-electron chi connectivity index (χ4n) is 6.07. The summed E-state index contributed by atoms with van der Waals surface area (Å²) in [5.74, 6) is -0.0567. The Morgan fingerprint density at radius 1 is 1.12 bits per heavy atom. The van der Waals surface area contributed by atoms with E-state index >= 15 is 0 Å². The highest BCUT2D eigenvalue weighted by molar-refractivity contribution is 8.00. The lowest BCUT2D eigenvalue weighted by molar-refractivity contribution is -0.135. The first-order valence-electron chi connectivity index (χ1n) is 13.6. The second kappa shape index (κ2) is 11.8. The summed E-state index contributed by atoms with van der Waals surface area (Å²) in [6.07, 6.45) is 2.91. The highest BCUT2D eigenvalue weighted by Gasteiger charge is 2.42. The first-order valence-corrected chi connectivity index (χ1v) is 14.9. The van der Waals surface area contributed by atoms with Crippen molar-refractivity contribution in [2.45, 2.75) is 49.4 Å². The van der Waals surface area contributed by atoms with Crippen LogP contribution in [0.15, 0.2) is 52.4 Å². The van der Waals surface area contributed by atoms with Gasteiger partial charge in [0, 0.05) is 36.6 Å². The minimum absolute atomic E-state index is 0.0567. The van der Waals surface area contributed by atoms with E-state index in [1.165, 1.54) is 21.2 Å². The van der Waals surface area contributed by atoms with Crippen molar-refractivity contribution in [3.63, 3.8) is 0 Å². The highest BCUT2D eigenvalue weighted by atomic mass is 35.5. The van der Waals surface area contributed by atoms with Crippen LogP contribution >= 0.6 is 23.4 Å². The first kappa shape index (κ1) is 28.4. The number of thioether (sulfide) groups is 1. The number of piperidine rings is 2. The number of nitrogens with zero attached hydrogens (tertiary/aromatic N) is 4. The number of nitrogens with two attached hydrogens (primary N) is 1. The lowest BCUT2D eigenvalue weighted by atomic mass is 9.73. The molecule has 3 heterocycles. The van der Waals surface area contributed by atoms with E-state index in [2.05, 4.69) is 0 Å². The molecule has 2 fully saturated rings. The van der Waals surface area contributed by atoms with Gasteiger partial charge in [0.15, 0.2) is 5.16 Å². The van der Waals surface area contributed by atoms with Gasteiger partial charge < -0.3 is 20.6 Å². The molecule has 5 rings (SSSR count). The number of likely N-dealkylation sites (tertiary alicyclic amines) is 2. The average molecular weight is 584 g/mol. The van der Waals surface area contributed by atoms with Crippen molar-refractivity contribution in [3.05, 3.63) is 63.4 Å². The lowest BCUT2D eigenvalue weighted by Crippen LogP contribution is -2.55. The molecule has 0 aliphatic carbocycles. The van der Waals surface area contributed by atoms with E-state index in [1.54, 1.807) is 30.3 Å². The number of aromatic nitrogens is 2. The van der Waals surface area contributed by atoms with E-state index < -0.39 is 11.3 Å². The monoisotopic (exact) mass is 583 g/mol. The number of carboxylic acid groups (broad SMARTS) is 1.